The fourth-order valence-corrected chi connectivity index (χ4v) is 3.36. The molecule has 0 amide bonds. The van der Waals surface area contributed by atoms with Gasteiger partial charge in [-0.05, 0) is 31.0 Å². The van der Waals surface area contributed by atoms with Crippen molar-refractivity contribution in [3.8, 4) is 0 Å². The standard InChI is InChI=1S/C26H42O4/c1-3-5-7-8-9-10-11-12-13-14-15-16-21-30-26(28)24-19-17-18-23(22-24)25(27)29-20-6-4-2/h17-19,22H,3-16,20-21H2,1-2H3. The normalized spacial score (nSPS) is 10.7. The minimum absolute atomic E-state index is 0.374. The van der Waals surface area contributed by atoms with Gasteiger partial charge >= 0.3 is 11.9 Å². The van der Waals surface area contributed by atoms with Crippen LogP contribution in [0.15, 0.2) is 24.3 Å². The molecule has 0 unspecified atom stereocenters. The highest BCUT2D eigenvalue weighted by Gasteiger charge is 2.12. The molecule has 0 bridgehead atoms. The van der Waals surface area contributed by atoms with Gasteiger partial charge in [-0.1, -0.05) is 97.0 Å². The van der Waals surface area contributed by atoms with Crippen molar-refractivity contribution in [2.24, 2.45) is 0 Å². The first-order valence-electron chi connectivity index (χ1n) is 12.1. The molecule has 0 radical (unpaired) electrons. The van der Waals surface area contributed by atoms with Crippen LogP contribution in [0.1, 0.15) is 124 Å². The van der Waals surface area contributed by atoms with Crippen molar-refractivity contribution in [3.63, 3.8) is 0 Å². The van der Waals surface area contributed by atoms with E-state index in [1.165, 1.54) is 64.2 Å². The Hall–Kier alpha value is -1.84. The Labute approximate surface area is 183 Å². The van der Waals surface area contributed by atoms with Gasteiger partial charge in [0.2, 0.25) is 0 Å². The van der Waals surface area contributed by atoms with E-state index >= 15 is 0 Å². The number of benzene rings is 1. The molecule has 0 saturated carbocycles. The molecule has 1 aromatic rings. The van der Waals surface area contributed by atoms with E-state index in [9.17, 15) is 9.59 Å². The Morgan fingerprint density at radius 1 is 0.600 bits per heavy atom. The van der Waals surface area contributed by atoms with Crippen LogP contribution in [-0.4, -0.2) is 25.2 Å². The maximum atomic E-state index is 12.2. The van der Waals surface area contributed by atoms with Crippen LogP contribution < -0.4 is 0 Å². The zero-order valence-electron chi connectivity index (χ0n) is 19.3. The Morgan fingerprint density at radius 2 is 1.00 bits per heavy atom. The number of rotatable bonds is 18. The fourth-order valence-electron chi connectivity index (χ4n) is 3.36. The van der Waals surface area contributed by atoms with Gasteiger partial charge in [-0.25, -0.2) is 9.59 Å². The van der Waals surface area contributed by atoms with Gasteiger partial charge in [0.25, 0.3) is 0 Å². The summed E-state index contributed by atoms with van der Waals surface area (Å²) in [6.45, 7) is 5.14. The molecule has 0 aromatic heterocycles. The number of ether oxygens (including phenoxy) is 2. The molecule has 0 atom stereocenters. The molecule has 0 spiro atoms. The van der Waals surface area contributed by atoms with E-state index in [1.54, 1.807) is 24.3 Å². The third kappa shape index (κ3) is 12.7. The van der Waals surface area contributed by atoms with Gasteiger partial charge in [0, 0.05) is 0 Å². The number of carbonyl (C=O) groups is 2. The highest BCUT2D eigenvalue weighted by molar-refractivity contribution is 5.95. The number of esters is 2. The largest absolute Gasteiger partial charge is 0.462 e. The molecular formula is C26H42O4. The van der Waals surface area contributed by atoms with E-state index in [2.05, 4.69) is 6.92 Å². The Bertz CT molecular complexity index is 582. The molecular weight excluding hydrogens is 376 g/mol. The number of hydrogen-bond acceptors (Lipinski definition) is 4. The quantitative estimate of drug-likeness (QED) is 0.183. The van der Waals surface area contributed by atoms with Crippen LogP contribution in [0.25, 0.3) is 0 Å². The second-order valence-electron chi connectivity index (χ2n) is 8.10. The summed E-state index contributed by atoms with van der Waals surface area (Å²) in [5.41, 5.74) is 0.796. The minimum atomic E-state index is -0.390. The van der Waals surface area contributed by atoms with Gasteiger partial charge < -0.3 is 9.47 Å². The van der Waals surface area contributed by atoms with E-state index < -0.39 is 0 Å². The SMILES string of the molecule is CCCCCCCCCCCCCCOC(=O)c1cccc(C(=O)OCCCC)c1. The van der Waals surface area contributed by atoms with Crippen molar-refractivity contribution < 1.29 is 19.1 Å². The Morgan fingerprint density at radius 3 is 1.47 bits per heavy atom. The summed E-state index contributed by atoms with van der Waals surface area (Å²) >= 11 is 0. The van der Waals surface area contributed by atoms with Gasteiger partial charge in [-0.2, -0.15) is 0 Å². The number of hydrogen-bond donors (Lipinski definition) is 0. The van der Waals surface area contributed by atoms with Gasteiger partial charge in [0.05, 0.1) is 24.3 Å². The first-order chi connectivity index (χ1) is 14.7. The van der Waals surface area contributed by atoms with E-state index in [0.29, 0.717) is 24.3 Å². The molecule has 0 aliphatic carbocycles. The summed E-state index contributed by atoms with van der Waals surface area (Å²) < 4.78 is 10.6. The molecule has 0 aliphatic heterocycles. The van der Waals surface area contributed by atoms with Crippen LogP contribution in [0.2, 0.25) is 0 Å². The van der Waals surface area contributed by atoms with Crippen LogP contribution in [0, 0.1) is 0 Å². The van der Waals surface area contributed by atoms with Crippen molar-refractivity contribution >= 4 is 11.9 Å². The lowest BCUT2D eigenvalue weighted by atomic mass is 10.1. The summed E-state index contributed by atoms with van der Waals surface area (Å²) in [7, 11) is 0. The van der Waals surface area contributed by atoms with Crippen molar-refractivity contribution in [3.05, 3.63) is 35.4 Å². The monoisotopic (exact) mass is 418 g/mol. The molecule has 0 aliphatic rings. The lowest BCUT2D eigenvalue weighted by molar-refractivity contribution is 0.0497. The maximum Gasteiger partial charge on any atom is 0.338 e. The minimum Gasteiger partial charge on any atom is -0.462 e. The fraction of sp³-hybridized carbons (Fsp3) is 0.692. The van der Waals surface area contributed by atoms with Gasteiger partial charge in [0.1, 0.15) is 0 Å². The zero-order chi connectivity index (χ0) is 21.9. The lowest BCUT2D eigenvalue weighted by Crippen LogP contribution is -2.10. The van der Waals surface area contributed by atoms with E-state index in [4.69, 9.17) is 9.47 Å². The summed E-state index contributed by atoms with van der Waals surface area (Å²) in [4.78, 5) is 24.2. The van der Waals surface area contributed by atoms with Crippen molar-refractivity contribution in [1.82, 2.24) is 0 Å². The molecule has 30 heavy (non-hydrogen) atoms. The Balaban J connectivity index is 2.09. The van der Waals surface area contributed by atoms with Crippen molar-refractivity contribution in [2.75, 3.05) is 13.2 Å². The highest BCUT2D eigenvalue weighted by atomic mass is 16.5. The highest BCUT2D eigenvalue weighted by Crippen LogP contribution is 2.13. The maximum absolute atomic E-state index is 12.2. The van der Waals surface area contributed by atoms with E-state index in [1.807, 2.05) is 6.92 Å². The predicted molar refractivity (Wildman–Crippen MR) is 123 cm³/mol. The topological polar surface area (TPSA) is 52.6 Å². The summed E-state index contributed by atoms with van der Waals surface area (Å²) in [6.07, 6.45) is 17.1. The summed E-state index contributed by atoms with van der Waals surface area (Å²) in [5.74, 6) is -0.764. The molecule has 1 rings (SSSR count). The van der Waals surface area contributed by atoms with Gasteiger partial charge in [-0.15, -0.1) is 0 Å². The summed E-state index contributed by atoms with van der Waals surface area (Å²) in [5, 5.41) is 0. The molecule has 0 saturated heterocycles. The van der Waals surface area contributed by atoms with Crippen LogP contribution in [0.3, 0.4) is 0 Å². The van der Waals surface area contributed by atoms with E-state index in [-0.39, 0.29) is 11.9 Å². The zero-order valence-corrected chi connectivity index (χ0v) is 19.3. The lowest BCUT2D eigenvalue weighted by Gasteiger charge is -2.07. The molecule has 170 valence electrons. The first-order valence-corrected chi connectivity index (χ1v) is 12.1. The average Bonchev–Trinajstić information content (AvgIpc) is 2.77. The number of unbranched alkanes of at least 4 members (excludes halogenated alkanes) is 12. The van der Waals surface area contributed by atoms with Crippen molar-refractivity contribution in [2.45, 2.75) is 104 Å². The molecule has 0 heterocycles. The van der Waals surface area contributed by atoms with Crippen LogP contribution >= 0.6 is 0 Å². The van der Waals surface area contributed by atoms with Crippen LogP contribution in [0.5, 0.6) is 0 Å². The molecule has 4 heteroatoms. The third-order valence-electron chi connectivity index (χ3n) is 5.30. The van der Waals surface area contributed by atoms with Crippen molar-refractivity contribution in [1.29, 1.82) is 0 Å². The van der Waals surface area contributed by atoms with E-state index in [0.717, 1.165) is 25.7 Å². The molecule has 0 fully saturated rings. The first kappa shape index (κ1) is 26.2. The molecule has 4 nitrogen and oxygen atoms in total. The van der Waals surface area contributed by atoms with Gasteiger partial charge in [-0.3, -0.25) is 0 Å². The second-order valence-corrected chi connectivity index (χ2v) is 8.10. The summed E-state index contributed by atoms with van der Waals surface area (Å²) in [6, 6.07) is 6.58. The Kier molecular flexibility index (Phi) is 15.7. The van der Waals surface area contributed by atoms with Crippen LogP contribution in [-0.2, 0) is 9.47 Å². The predicted octanol–water partition coefficient (Wildman–Crippen LogP) is 7.50. The van der Waals surface area contributed by atoms with Crippen LogP contribution in [0.4, 0.5) is 0 Å². The number of carbonyl (C=O) groups excluding carboxylic acids is 2. The second kappa shape index (κ2) is 18.0. The molecule has 1 aromatic carbocycles. The molecule has 0 N–H and O–H groups in total. The van der Waals surface area contributed by atoms with Gasteiger partial charge in [0.15, 0.2) is 0 Å². The third-order valence-corrected chi connectivity index (χ3v) is 5.30. The smallest absolute Gasteiger partial charge is 0.338 e. The average molecular weight is 419 g/mol.